The van der Waals surface area contributed by atoms with Gasteiger partial charge in [-0.15, -0.1) is 0 Å². The normalized spacial score (nSPS) is 24.4. The SMILES string of the molecule is COCC(Br)CN(C)S(=O)(=O)N1CCCCC1C. The zero-order chi connectivity index (χ0) is 13.8. The van der Waals surface area contributed by atoms with Gasteiger partial charge in [-0.2, -0.15) is 17.0 Å². The number of methoxy groups -OCH3 is 1. The molecule has 0 N–H and O–H groups in total. The maximum absolute atomic E-state index is 12.4. The van der Waals surface area contributed by atoms with Gasteiger partial charge in [0.15, 0.2) is 0 Å². The van der Waals surface area contributed by atoms with Crippen molar-refractivity contribution in [2.45, 2.75) is 37.1 Å². The monoisotopic (exact) mass is 342 g/mol. The minimum absolute atomic E-state index is 0.0161. The highest BCUT2D eigenvalue weighted by Crippen LogP contribution is 2.22. The third-order valence-electron chi connectivity index (χ3n) is 3.23. The van der Waals surface area contributed by atoms with Crippen LogP contribution >= 0.6 is 15.9 Å². The summed E-state index contributed by atoms with van der Waals surface area (Å²) in [5.74, 6) is 0. The summed E-state index contributed by atoms with van der Waals surface area (Å²) < 4.78 is 32.9. The Morgan fingerprint density at radius 3 is 2.72 bits per heavy atom. The molecule has 0 bridgehead atoms. The average Bonchev–Trinajstić information content (AvgIpc) is 2.29. The highest BCUT2D eigenvalue weighted by atomic mass is 79.9. The molecule has 18 heavy (non-hydrogen) atoms. The van der Waals surface area contributed by atoms with E-state index in [4.69, 9.17) is 4.74 Å². The molecule has 0 amide bonds. The zero-order valence-corrected chi connectivity index (χ0v) is 13.7. The van der Waals surface area contributed by atoms with Gasteiger partial charge in [0.2, 0.25) is 0 Å². The molecule has 1 fully saturated rings. The van der Waals surface area contributed by atoms with Gasteiger partial charge >= 0.3 is 0 Å². The number of alkyl halides is 1. The van der Waals surface area contributed by atoms with Crippen molar-refractivity contribution in [1.29, 1.82) is 0 Å². The molecular weight excluding hydrogens is 320 g/mol. The summed E-state index contributed by atoms with van der Waals surface area (Å²) in [6.45, 7) is 3.52. The minimum Gasteiger partial charge on any atom is -0.383 e. The summed E-state index contributed by atoms with van der Waals surface area (Å²) >= 11 is 3.42. The summed E-state index contributed by atoms with van der Waals surface area (Å²) in [5, 5.41) is 0. The van der Waals surface area contributed by atoms with Crippen molar-refractivity contribution in [1.82, 2.24) is 8.61 Å². The number of nitrogens with zero attached hydrogens (tertiary/aromatic N) is 2. The molecule has 0 aromatic carbocycles. The molecule has 0 aromatic heterocycles. The van der Waals surface area contributed by atoms with E-state index in [9.17, 15) is 8.42 Å². The lowest BCUT2D eigenvalue weighted by Gasteiger charge is -2.35. The Morgan fingerprint density at radius 1 is 1.50 bits per heavy atom. The molecule has 1 aliphatic rings. The molecule has 2 atom stereocenters. The number of hydrogen-bond acceptors (Lipinski definition) is 3. The van der Waals surface area contributed by atoms with Crippen molar-refractivity contribution in [3.05, 3.63) is 0 Å². The van der Waals surface area contributed by atoms with E-state index in [0.717, 1.165) is 19.3 Å². The van der Waals surface area contributed by atoms with Gasteiger partial charge in [0.05, 0.1) is 11.4 Å². The Hall–Kier alpha value is 0.310. The number of hydrogen-bond donors (Lipinski definition) is 0. The fourth-order valence-electron chi connectivity index (χ4n) is 2.20. The third kappa shape index (κ3) is 4.16. The van der Waals surface area contributed by atoms with Crippen LogP contribution in [-0.4, -0.2) is 61.8 Å². The van der Waals surface area contributed by atoms with Crippen molar-refractivity contribution in [2.24, 2.45) is 0 Å². The first-order chi connectivity index (χ1) is 8.39. The lowest BCUT2D eigenvalue weighted by Crippen LogP contribution is -2.49. The van der Waals surface area contributed by atoms with Crippen molar-refractivity contribution < 1.29 is 13.2 Å². The van der Waals surface area contributed by atoms with Gasteiger partial charge in [-0.05, 0) is 19.8 Å². The molecule has 0 saturated carbocycles. The first kappa shape index (κ1) is 16.4. The van der Waals surface area contributed by atoms with Crippen LogP contribution in [0.3, 0.4) is 0 Å². The molecule has 7 heteroatoms. The Bertz CT molecular complexity index is 350. The largest absolute Gasteiger partial charge is 0.383 e. The predicted molar refractivity (Wildman–Crippen MR) is 76.2 cm³/mol. The van der Waals surface area contributed by atoms with Gasteiger partial charge < -0.3 is 4.74 Å². The molecule has 1 saturated heterocycles. The van der Waals surface area contributed by atoms with Crippen LogP contribution in [0.15, 0.2) is 0 Å². The lowest BCUT2D eigenvalue weighted by molar-refractivity contribution is 0.193. The Balaban J connectivity index is 2.66. The maximum Gasteiger partial charge on any atom is 0.282 e. The van der Waals surface area contributed by atoms with E-state index in [1.54, 1.807) is 18.5 Å². The van der Waals surface area contributed by atoms with Crippen LogP contribution in [0.25, 0.3) is 0 Å². The third-order valence-corrected chi connectivity index (χ3v) is 5.86. The topological polar surface area (TPSA) is 49.9 Å². The van der Waals surface area contributed by atoms with Crippen molar-refractivity contribution in [2.75, 3.05) is 33.9 Å². The highest BCUT2D eigenvalue weighted by molar-refractivity contribution is 9.09. The van der Waals surface area contributed by atoms with E-state index >= 15 is 0 Å². The Labute approximate surface area is 119 Å². The van der Waals surface area contributed by atoms with Crippen LogP contribution in [0.2, 0.25) is 0 Å². The van der Waals surface area contributed by atoms with Crippen LogP contribution < -0.4 is 0 Å². The summed E-state index contributed by atoms with van der Waals surface area (Å²) in [5.41, 5.74) is 0. The molecule has 1 aliphatic heterocycles. The molecule has 5 nitrogen and oxygen atoms in total. The van der Waals surface area contributed by atoms with E-state index in [1.807, 2.05) is 6.92 Å². The second kappa shape index (κ2) is 7.19. The number of halogens is 1. The maximum atomic E-state index is 12.4. The molecule has 0 spiro atoms. The van der Waals surface area contributed by atoms with Crippen LogP contribution in [0, 0.1) is 0 Å². The summed E-state index contributed by atoms with van der Waals surface area (Å²) in [6.07, 6.45) is 3.01. The second-order valence-electron chi connectivity index (χ2n) is 4.80. The summed E-state index contributed by atoms with van der Waals surface area (Å²) in [6, 6.07) is 0.0994. The van der Waals surface area contributed by atoms with Gasteiger partial charge in [-0.25, -0.2) is 0 Å². The average molecular weight is 343 g/mol. The van der Waals surface area contributed by atoms with E-state index < -0.39 is 10.2 Å². The molecule has 0 aliphatic carbocycles. The molecular formula is C11H23BrN2O3S. The van der Waals surface area contributed by atoms with Gasteiger partial charge in [0.25, 0.3) is 10.2 Å². The molecule has 2 unspecified atom stereocenters. The fraction of sp³-hybridized carbons (Fsp3) is 1.00. The van der Waals surface area contributed by atoms with Gasteiger partial charge in [-0.3, -0.25) is 0 Å². The quantitative estimate of drug-likeness (QED) is 0.686. The van der Waals surface area contributed by atoms with Crippen LogP contribution in [0.5, 0.6) is 0 Å². The molecule has 1 rings (SSSR count). The predicted octanol–water partition coefficient (Wildman–Crippen LogP) is 1.45. The van der Waals surface area contributed by atoms with Crippen LogP contribution in [-0.2, 0) is 14.9 Å². The van der Waals surface area contributed by atoms with E-state index in [0.29, 0.717) is 19.7 Å². The first-order valence-corrected chi connectivity index (χ1v) is 8.57. The van der Waals surface area contributed by atoms with E-state index in [-0.39, 0.29) is 10.9 Å². The standard InChI is InChI=1S/C11H23BrN2O3S/c1-10-6-4-5-7-14(10)18(15,16)13(2)8-11(12)9-17-3/h10-11H,4-9H2,1-3H3. The van der Waals surface area contributed by atoms with Crippen molar-refractivity contribution in [3.63, 3.8) is 0 Å². The molecule has 1 heterocycles. The first-order valence-electron chi connectivity index (χ1n) is 6.25. The Kier molecular flexibility index (Phi) is 6.54. The number of piperidine rings is 1. The van der Waals surface area contributed by atoms with Crippen LogP contribution in [0.1, 0.15) is 26.2 Å². The summed E-state index contributed by atoms with van der Waals surface area (Å²) in [4.78, 5) is 0.0161. The molecule has 0 aromatic rings. The fourth-order valence-corrected chi connectivity index (χ4v) is 4.74. The minimum atomic E-state index is -3.34. The van der Waals surface area contributed by atoms with Gasteiger partial charge in [0, 0.05) is 33.3 Å². The van der Waals surface area contributed by atoms with Gasteiger partial charge in [0.1, 0.15) is 0 Å². The molecule has 0 radical (unpaired) electrons. The molecule has 108 valence electrons. The Morgan fingerprint density at radius 2 is 2.17 bits per heavy atom. The van der Waals surface area contributed by atoms with E-state index in [2.05, 4.69) is 15.9 Å². The lowest BCUT2D eigenvalue weighted by atomic mass is 10.1. The van der Waals surface area contributed by atoms with Gasteiger partial charge in [-0.1, -0.05) is 22.4 Å². The van der Waals surface area contributed by atoms with Crippen molar-refractivity contribution >= 4 is 26.1 Å². The smallest absolute Gasteiger partial charge is 0.282 e. The zero-order valence-electron chi connectivity index (χ0n) is 11.3. The van der Waals surface area contributed by atoms with Crippen LogP contribution in [0.4, 0.5) is 0 Å². The van der Waals surface area contributed by atoms with E-state index in [1.165, 1.54) is 4.31 Å². The number of ether oxygens (including phenoxy) is 1. The van der Waals surface area contributed by atoms with Crippen molar-refractivity contribution in [3.8, 4) is 0 Å². The summed E-state index contributed by atoms with van der Waals surface area (Å²) in [7, 11) is -0.111. The number of rotatable bonds is 6. The second-order valence-corrected chi connectivity index (χ2v) is 8.08. The highest BCUT2D eigenvalue weighted by Gasteiger charge is 2.33.